The molecule has 4 nitrogen and oxygen atoms in total. The Morgan fingerprint density at radius 1 is 1.39 bits per heavy atom. The fraction of sp³-hybridized carbons (Fsp3) is 0.286. The number of H-pyrrole nitrogens is 1. The smallest absolute Gasteiger partial charge is 0.228 e. The number of carbonyl (C=O) groups is 1. The number of hydrogen-bond acceptors (Lipinski definition) is 2. The monoisotopic (exact) mass is 243 g/mol. The highest BCUT2D eigenvalue weighted by molar-refractivity contribution is 5.80. The summed E-state index contributed by atoms with van der Waals surface area (Å²) in [7, 11) is 0. The van der Waals surface area contributed by atoms with Crippen LogP contribution in [0.2, 0.25) is 0 Å². The molecule has 0 fully saturated rings. The molecule has 0 radical (unpaired) electrons. The quantitative estimate of drug-likeness (QED) is 0.842. The minimum absolute atomic E-state index is 0.333. The van der Waals surface area contributed by atoms with Gasteiger partial charge < -0.3 is 10.7 Å². The second-order valence-corrected chi connectivity index (χ2v) is 4.43. The van der Waals surface area contributed by atoms with Crippen molar-refractivity contribution in [1.82, 2.24) is 9.97 Å². The van der Waals surface area contributed by atoms with Crippen LogP contribution in [0, 0.1) is 6.92 Å². The molecule has 0 bridgehead atoms. The van der Waals surface area contributed by atoms with Crippen LogP contribution in [0.15, 0.2) is 36.5 Å². The maximum Gasteiger partial charge on any atom is 0.228 e. The molecule has 1 heterocycles. The molecule has 1 amide bonds. The summed E-state index contributed by atoms with van der Waals surface area (Å²) in [5.41, 5.74) is 7.58. The molecule has 0 saturated heterocycles. The van der Waals surface area contributed by atoms with Crippen LogP contribution in [0.4, 0.5) is 0 Å². The molecule has 1 aromatic heterocycles. The van der Waals surface area contributed by atoms with Gasteiger partial charge in [-0.2, -0.15) is 0 Å². The first kappa shape index (κ1) is 12.4. The van der Waals surface area contributed by atoms with Gasteiger partial charge in [-0.1, -0.05) is 30.3 Å². The maximum absolute atomic E-state index is 11.5. The van der Waals surface area contributed by atoms with Gasteiger partial charge in [0.2, 0.25) is 5.91 Å². The third-order valence-electron chi connectivity index (χ3n) is 2.96. The van der Waals surface area contributed by atoms with Crippen molar-refractivity contribution in [3.05, 3.63) is 53.6 Å². The second-order valence-electron chi connectivity index (χ2n) is 4.43. The summed E-state index contributed by atoms with van der Waals surface area (Å²) < 4.78 is 0. The Balaban J connectivity index is 2.06. The first-order valence-corrected chi connectivity index (χ1v) is 6.01. The zero-order valence-corrected chi connectivity index (χ0v) is 10.4. The molecule has 1 aromatic carbocycles. The van der Waals surface area contributed by atoms with Gasteiger partial charge in [-0.3, -0.25) is 4.79 Å². The second kappa shape index (κ2) is 5.49. The Hall–Kier alpha value is -2.10. The van der Waals surface area contributed by atoms with Gasteiger partial charge in [0.1, 0.15) is 5.82 Å². The van der Waals surface area contributed by atoms with Crippen molar-refractivity contribution in [3.63, 3.8) is 0 Å². The van der Waals surface area contributed by atoms with Crippen molar-refractivity contribution in [3.8, 4) is 0 Å². The number of rotatable bonds is 5. The molecule has 0 aliphatic heterocycles. The summed E-state index contributed by atoms with van der Waals surface area (Å²) in [5, 5.41) is 0. The van der Waals surface area contributed by atoms with Gasteiger partial charge in [-0.25, -0.2) is 4.98 Å². The molecule has 0 aliphatic carbocycles. The molecular formula is C14H17N3O. The van der Waals surface area contributed by atoms with Crippen LogP contribution in [0.1, 0.15) is 29.4 Å². The van der Waals surface area contributed by atoms with E-state index >= 15 is 0 Å². The average molecular weight is 243 g/mol. The molecule has 1 unspecified atom stereocenters. The van der Waals surface area contributed by atoms with Gasteiger partial charge in [-0.15, -0.1) is 0 Å². The number of amides is 1. The minimum atomic E-state index is -0.348. The number of aromatic nitrogens is 2. The number of imidazole rings is 1. The molecule has 1 atom stereocenters. The molecule has 0 aliphatic rings. The van der Waals surface area contributed by atoms with E-state index in [0.717, 1.165) is 12.1 Å². The highest BCUT2D eigenvalue weighted by Crippen LogP contribution is 2.19. The molecule has 0 spiro atoms. The van der Waals surface area contributed by atoms with E-state index in [0.29, 0.717) is 12.2 Å². The molecule has 2 aromatic rings. The molecule has 2 rings (SSSR count). The first-order chi connectivity index (χ1) is 8.66. The third-order valence-corrected chi connectivity index (χ3v) is 2.96. The van der Waals surface area contributed by atoms with Crippen LogP contribution in [-0.4, -0.2) is 15.9 Å². The summed E-state index contributed by atoms with van der Waals surface area (Å²) in [5.74, 6) is -0.0184. The van der Waals surface area contributed by atoms with Crippen molar-refractivity contribution < 1.29 is 4.79 Å². The number of aromatic amines is 1. The molecule has 3 N–H and O–H groups in total. The van der Waals surface area contributed by atoms with Gasteiger partial charge in [0, 0.05) is 11.9 Å². The van der Waals surface area contributed by atoms with Gasteiger partial charge in [-0.05, 0) is 25.3 Å². The van der Waals surface area contributed by atoms with Crippen molar-refractivity contribution >= 4 is 5.91 Å². The summed E-state index contributed by atoms with van der Waals surface area (Å²) in [6, 6.07) is 10.1. The van der Waals surface area contributed by atoms with Gasteiger partial charge in [0.05, 0.1) is 5.92 Å². The van der Waals surface area contributed by atoms with Crippen LogP contribution >= 0.6 is 0 Å². The van der Waals surface area contributed by atoms with Crippen LogP contribution < -0.4 is 5.73 Å². The van der Waals surface area contributed by atoms with E-state index in [1.807, 2.05) is 37.3 Å². The van der Waals surface area contributed by atoms with Crippen molar-refractivity contribution in [2.45, 2.75) is 25.7 Å². The molecular weight excluding hydrogens is 226 g/mol. The lowest BCUT2D eigenvalue weighted by atomic mass is 9.98. The van der Waals surface area contributed by atoms with Gasteiger partial charge >= 0.3 is 0 Å². The zero-order valence-electron chi connectivity index (χ0n) is 10.4. The normalized spacial score (nSPS) is 12.3. The Labute approximate surface area is 106 Å². The van der Waals surface area contributed by atoms with Crippen LogP contribution in [-0.2, 0) is 11.2 Å². The number of nitrogens with zero attached hydrogens (tertiary/aromatic N) is 1. The molecule has 4 heteroatoms. The largest absolute Gasteiger partial charge is 0.369 e. The van der Waals surface area contributed by atoms with E-state index in [9.17, 15) is 4.79 Å². The molecule has 18 heavy (non-hydrogen) atoms. The number of primary amides is 1. The lowest BCUT2D eigenvalue weighted by molar-refractivity contribution is -0.119. The highest BCUT2D eigenvalue weighted by atomic mass is 16.1. The first-order valence-electron chi connectivity index (χ1n) is 6.01. The molecule has 0 saturated carbocycles. The van der Waals surface area contributed by atoms with E-state index in [-0.39, 0.29) is 11.8 Å². The topological polar surface area (TPSA) is 71.8 Å². The standard InChI is InChI=1S/C14H17N3O/c1-10-9-16-14(17-10)12(13(15)18)8-7-11-5-3-2-4-6-11/h2-6,9,12H,7-8H2,1H3,(H2,15,18)(H,16,17). The van der Waals surface area contributed by atoms with Gasteiger partial charge in [0.15, 0.2) is 0 Å². The fourth-order valence-corrected chi connectivity index (χ4v) is 1.98. The Kier molecular flexibility index (Phi) is 3.77. The number of benzene rings is 1. The van der Waals surface area contributed by atoms with Crippen molar-refractivity contribution in [2.75, 3.05) is 0 Å². The maximum atomic E-state index is 11.5. The van der Waals surface area contributed by atoms with E-state index in [4.69, 9.17) is 5.73 Å². The highest BCUT2D eigenvalue weighted by Gasteiger charge is 2.20. The molecule has 94 valence electrons. The average Bonchev–Trinajstić information content (AvgIpc) is 2.77. The number of carbonyl (C=O) groups excluding carboxylic acids is 1. The van der Waals surface area contributed by atoms with E-state index in [1.165, 1.54) is 5.56 Å². The predicted octanol–water partition coefficient (Wildman–Crippen LogP) is 1.92. The van der Waals surface area contributed by atoms with E-state index in [2.05, 4.69) is 9.97 Å². The van der Waals surface area contributed by atoms with Crippen LogP contribution in [0.5, 0.6) is 0 Å². The van der Waals surface area contributed by atoms with Gasteiger partial charge in [0.25, 0.3) is 0 Å². The van der Waals surface area contributed by atoms with Crippen LogP contribution in [0.3, 0.4) is 0 Å². The summed E-state index contributed by atoms with van der Waals surface area (Å²) in [6.45, 7) is 1.91. The SMILES string of the molecule is Cc1cnc(C(CCc2ccccc2)C(N)=O)[nH]1. The predicted molar refractivity (Wildman–Crippen MR) is 70.0 cm³/mol. The van der Waals surface area contributed by atoms with E-state index in [1.54, 1.807) is 6.20 Å². The number of aryl methyl sites for hydroxylation is 2. The summed E-state index contributed by atoms with van der Waals surface area (Å²) in [6.07, 6.45) is 3.20. The summed E-state index contributed by atoms with van der Waals surface area (Å²) in [4.78, 5) is 18.8. The van der Waals surface area contributed by atoms with Crippen molar-refractivity contribution in [2.24, 2.45) is 5.73 Å². The number of hydrogen-bond donors (Lipinski definition) is 2. The Morgan fingerprint density at radius 2 is 2.11 bits per heavy atom. The van der Waals surface area contributed by atoms with Crippen molar-refractivity contribution in [1.29, 1.82) is 0 Å². The minimum Gasteiger partial charge on any atom is -0.369 e. The number of nitrogens with two attached hydrogens (primary N) is 1. The van der Waals surface area contributed by atoms with Crippen LogP contribution in [0.25, 0.3) is 0 Å². The number of nitrogens with one attached hydrogen (secondary N) is 1. The lowest BCUT2D eigenvalue weighted by Gasteiger charge is -2.10. The lowest BCUT2D eigenvalue weighted by Crippen LogP contribution is -2.23. The third kappa shape index (κ3) is 2.97. The Morgan fingerprint density at radius 3 is 2.67 bits per heavy atom. The zero-order chi connectivity index (χ0) is 13.0. The van der Waals surface area contributed by atoms with E-state index < -0.39 is 0 Å². The fourth-order valence-electron chi connectivity index (χ4n) is 1.98. The summed E-state index contributed by atoms with van der Waals surface area (Å²) >= 11 is 0. The Bertz CT molecular complexity index is 519.